The van der Waals surface area contributed by atoms with Gasteiger partial charge in [-0.1, -0.05) is 18.2 Å². The number of tetrazole rings is 1. The molecule has 4 aromatic rings. The molecular weight excluding hydrogens is 721 g/mol. The van der Waals surface area contributed by atoms with E-state index in [1.54, 1.807) is 37.3 Å². The number of nitrogens with zero attached hydrogens (tertiary/aromatic N) is 4. The van der Waals surface area contributed by atoms with Crippen LogP contribution in [0.3, 0.4) is 0 Å². The normalized spacial score (nSPS) is 12.2. The second-order valence-corrected chi connectivity index (χ2v) is 12.2. The molecule has 238 valence electrons. The van der Waals surface area contributed by atoms with Crippen LogP contribution in [0.15, 0.2) is 59.4 Å². The van der Waals surface area contributed by atoms with E-state index in [4.69, 9.17) is 0 Å². The van der Waals surface area contributed by atoms with Crippen molar-refractivity contribution in [1.82, 2.24) is 25.1 Å². The fourth-order valence-electron chi connectivity index (χ4n) is 4.27. The number of hydrogen-bond donors (Lipinski definition) is 2. The van der Waals surface area contributed by atoms with Gasteiger partial charge < -0.3 is 10.6 Å². The molecule has 9 nitrogen and oxygen atoms in total. The fourth-order valence-corrected chi connectivity index (χ4v) is 5.01. The third-order valence-corrected chi connectivity index (χ3v) is 7.20. The maximum absolute atomic E-state index is 13.3. The highest BCUT2D eigenvalue weighted by Crippen LogP contribution is 2.36. The van der Waals surface area contributed by atoms with Crippen LogP contribution >= 0.6 is 22.6 Å². The Bertz CT molecular complexity index is 1810. The predicted octanol–water partition coefficient (Wildman–Crippen LogP) is 6.21. The van der Waals surface area contributed by atoms with Crippen molar-refractivity contribution in [2.75, 3.05) is 5.32 Å². The molecule has 0 aliphatic heterocycles. The van der Waals surface area contributed by atoms with Crippen LogP contribution in [-0.2, 0) is 18.9 Å². The van der Waals surface area contributed by atoms with Crippen LogP contribution in [0.5, 0.6) is 0 Å². The van der Waals surface area contributed by atoms with Crippen molar-refractivity contribution in [2.24, 2.45) is 0 Å². The predicted molar refractivity (Wildman–Crippen MR) is 160 cm³/mol. The number of aromatic nitrogens is 4. The van der Waals surface area contributed by atoms with Crippen molar-refractivity contribution < 1.29 is 35.9 Å². The van der Waals surface area contributed by atoms with E-state index < -0.39 is 52.2 Å². The van der Waals surface area contributed by atoms with Crippen molar-refractivity contribution in [3.05, 3.63) is 102 Å². The summed E-state index contributed by atoms with van der Waals surface area (Å²) < 4.78 is 81.4. The standard InChI is InChI=1S/C29H25F6IN6O3/c1-15-10-16(8-9-22(15)37-24(43)20-6-5-7-21(36)23(20)25(44)38-27(2,3)4)14-41-26(45)42(40-39-41)19-12-17(28(30,31)32)11-18(13-19)29(33,34)35/h5-13H,14H2,1-4H3,(H,37,43)(H,38,44). The SMILES string of the molecule is Cc1cc(Cn2nnn(-c3cc(C(F)(F)F)cc(C(F)(F)F)c3)c2=O)ccc1NC(=O)c1cccc(I)c1C(=O)NC(C)(C)C. The van der Waals surface area contributed by atoms with E-state index in [2.05, 4.69) is 21.1 Å². The van der Waals surface area contributed by atoms with Crippen LogP contribution in [0.25, 0.3) is 5.69 Å². The summed E-state index contributed by atoms with van der Waals surface area (Å²) in [6.45, 7) is 6.88. The lowest BCUT2D eigenvalue weighted by Crippen LogP contribution is -2.41. The summed E-state index contributed by atoms with van der Waals surface area (Å²) in [4.78, 5) is 39.1. The summed E-state index contributed by atoms with van der Waals surface area (Å²) in [5.41, 5.74) is -3.79. The van der Waals surface area contributed by atoms with Crippen LogP contribution in [0, 0.1) is 10.5 Å². The molecule has 0 saturated carbocycles. The second kappa shape index (κ2) is 12.3. The van der Waals surface area contributed by atoms with Gasteiger partial charge in [0.1, 0.15) is 0 Å². The van der Waals surface area contributed by atoms with Gasteiger partial charge in [-0.05, 0) is 108 Å². The summed E-state index contributed by atoms with van der Waals surface area (Å²) >= 11 is 1.98. The Labute approximate surface area is 265 Å². The van der Waals surface area contributed by atoms with Crippen LogP contribution in [0.2, 0.25) is 0 Å². The number of nitrogens with one attached hydrogen (secondary N) is 2. The Morgan fingerprint density at radius 2 is 1.49 bits per heavy atom. The van der Waals surface area contributed by atoms with E-state index in [1.807, 2.05) is 43.4 Å². The molecule has 16 heteroatoms. The monoisotopic (exact) mass is 746 g/mol. The molecule has 3 aromatic carbocycles. The summed E-state index contributed by atoms with van der Waals surface area (Å²) in [7, 11) is 0. The molecule has 2 amide bonds. The van der Waals surface area contributed by atoms with E-state index in [0.29, 0.717) is 37.2 Å². The lowest BCUT2D eigenvalue weighted by Gasteiger charge is -2.22. The Kier molecular flexibility index (Phi) is 9.19. The average molecular weight is 746 g/mol. The van der Waals surface area contributed by atoms with E-state index in [0.717, 1.165) is 4.68 Å². The minimum atomic E-state index is -5.11. The molecule has 1 heterocycles. The molecule has 4 rings (SSSR count). The molecular formula is C29H25F6IN6O3. The molecule has 0 aliphatic carbocycles. The highest BCUT2D eigenvalue weighted by Gasteiger charge is 2.37. The zero-order valence-corrected chi connectivity index (χ0v) is 26.2. The Balaban J connectivity index is 1.58. The first-order valence-electron chi connectivity index (χ1n) is 13.1. The topological polar surface area (TPSA) is 111 Å². The third-order valence-electron chi connectivity index (χ3n) is 6.30. The van der Waals surface area contributed by atoms with E-state index >= 15 is 0 Å². The number of benzene rings is 3. The Morgan fingerprint density at radius 3 is 2.04 bits per heavy atom. The van der Waals surface area contributed by atoms with Gasteiger partial charge in [0.2, 0.25) is 0 Å². The first-order chi connectivity index (χ1) is 20.7. The van der Waals surface area contributed by atoms with E-state index in [1.165, 1.54) is 6.07 Å². The largest absolute Gasteiger partial charge is 0.416 e. The smallest absolute Gasteiger partial charge is 0.347 e. The fraction of sp³-hybridized carbons (Fsp3) is 0.276. The van der Waals surface area contributed by atoms with Crippen LogP contribution in [0.4, 0.5) is 32.0 Å². The van der Waals surface area contributed by atoms with Crippen LogP contribution in [0.1, 0.15) is 63.7 Å². The minimum absolute atomic E-state index is 0.0535. The number of amides is 2. The Morgan fingerprint density at radius 1 is 0.867 bits per heavy atom. The molecule has 0 fully saturated rings. The van der Waals surface area contributed by atoms with E-state index in [-0.39, 0.29) is 23.7 Å². The number of alkyl halides is 6. The first-order valence-corrected chi connectivity index (χ1v) is 14.2. The lowest BCUT2D eigenvalue weighted by molar-refractivity contribution is -0.143. The van der Waals surface area contributed by atoms with Gasteiger partial charge in [-0.25, -0.2) is 4.79 Å². The number of carbonyl (C=O) groups excluding carboxylic acids is 2. The average Bonchev–Trinajstić information content (AvgIpc) is 3.27. The van der Waals surface area contributed by atoms with Crippen molar-refractivity contribution in [3.8, 4) is 5.69 Å². The van der Waals surface area contributed by atoms with Gasteiger partial charge in [-0.15, -0.1) is 0 Å². The molecule has 0 saturated heterocycles. The summed E-state index contributed by atoms with van der Waals surface area (Å²) in [6.07, 6.45) is -10.2. The van der Waals surface area contributed by atoms with Gasteiger partial charge in [0, 0.05) is 14.8 Å². The zero-order chi connectivity index (χ0) is 33.5. The van der Waals surface area contributed by atoms with Crippen molar-refractivity contribution in [1.29, 1.82) is 0 Å². The summed E-state index contributed by atoms with van der Waals surface area (Å²) in [6, 6.07) is 10.3. The van der Waals surface area contributed by atoms with Gasteiger partial charge >= 0.3 is 18.0 Å². The maximum atomic E-state index is 13.3. The van der Waals surface area contributed by atoms with Crippen molar-refractivity contribution >= 4 is 40.1 Å². The number of hydrogen-bond acceptors (Lipinski definition) is 5. The van der Waals surface area contributed by atoms with Crippen molar-refractivity contribution in [3.63, 3.8) is 0 Å². The van der Waals surface area contributed by atoms with Gasteiger partial charge in [-0.3, -0.25) is 9.59 Å². The molecule has 0 unspecified atom stereocenters. The van der Waals surface area contributed by atoms with Crippen molar-refractivity contribution in [2.45, 2.75) is 52.1 Å². The highest BCUT2D eigenvalue weighted by molar-refractivity contribution is 14.1. The molecule has 0 spiro atoms. The number of aryl methyl sites for hydroxylation is 1. The number of rotatable bonds is 6. The number of anilines is 1. The van der Waals surface area contributed by atoms with E-state index in [9.17, 15) is 40.7 Å². The molecule has 0 atom stereocenters. The number of carbonyl (C=O) groups is 2. The molecule has 2 N–H and O–H groups in total. The van der Waals surface area contributed by atoms with Crippen LogP contribution < -0.4 is 16.3 Å². The quantitative estimate of drug-likeness (QED) is 0.180. The third kappa shape index (κ3) is 7.90. The Hall–Kier alpha value is -4.22. The van der Waals surface area contributed by atoms with Gasteiger partial charge in [-0.2, -0.15) is 35.7 Å². The molecule has 1 aromatic heterocycles. The summed E-state index contributed by atoms with van der Waals surface area (Å²) in [5.74, 6) is -0.954. The molecule has 45 heavy (non-hydrogen) atoms. The maximum Gasteiger partial charge on any atom is 0.416 e. The van der Waals surface area contributed by atoms with Gasteiger partial charge in [0.05, 0.1) is 34.5 Å². The minimum Gasteiger partial charge on any atom is -0.347 e. The number of halogens is 7. The molecule has 0 radical (unpaired) electrons. The first kappa shape index (κ1) is 33.7. The molecule has 0 bridgehead atoms. The lowest BCUT2D eigenvalue weighted by atomic mass is 10.0. The van der Waals surface area contributed by atoms with Crippen LogP contribution in [-0.4, -0.2) is 37.1 Å². The van der Waals surface area contributed by atoms with Gasteiger partial charge in [0.15, 0.2) is 0 Å². The highest BCUT2D eigenvalue weighted by atomic mass is 127. The molecule has 0 aliphatic rings. The van der Waals surface area contributed by atoms with Gasteiger partial charge in [0.25, 0.3) is 11.8 Å². The second-order valence-electron chi connectivity index (χ2n) is 11.1. The zero-order valence-electron chi connectivity index (χ0n) is 24.1. The summed E-state index contributed by atoms with van der Waals surface area (Å²) in [5, 5.41) is 12.7.